The molecule has 2 aliphatic carbocycles. The fraction of sp³-hybridized carbons (Fsp3) is 0.864. The van der Waals surface area contributed by atoms with Crippen molar-refractivity contribution in [3.05, 3.63) is 0 Å². The first-order chi connectivity index (χ1) is 13.5. The van der Waals surface area contributed by atoms with Crippen LogP contribution < -0.4 is 0 Å². The van der Waals surface area contributed by atoms with Crippen LogP contribution in [0.2, 0.25) is 0 Å². The third kappa shape index (κ3) is 1.44. The van der Waals surface area contributed by atoms with E-state index in [2.05, 4.69) is 27.7 Å². The molecule has 7 nitrogen and oxygen atoms in total. The number of hydrogen-bond donors (Lipinski definition) is 0. The van der Waals surface area contributed by atoms with Gasteiger partial charge in [0.2, 0.25) is 6.29 Å². The Hall–Kier alpha value is -1.63. The first kappa shape index (κ1) is 18.2. The van der Waals surface area contributed by atoms with Crippen LogP contribution in [-0.2, 0) is 33.3 Å². The van der Waals surface area contributed by atoms with Crippen molar-refractivity contribution in [2.45, 2.75) is 72.1 Å². The Labute approximate surface area is 169 Å². The van der Waals surface area contributed by atoms with Crippen molar-refractivity contribution < 1.29 is 33.3 Å². The van der Waals surface area contributed by atoms with Gasteiger partial charge in [0.1, 0.15) is 12.2 Å². The minimum absolute atomic E-state index is 0.0361. The van der Waals surface area contributed by atoms with E-state index in [-0.39, 0.29) is 41.4 Å². The van der Waals surface area contributed by atoms with E-state index in [1.165, 1.54) is 0 Å². The number of ether oxygens (including phenoxy) is 4. The highest BCUT2D eigenvalue weighted by Crippen LogP contribution is 2.85. The molecule has 6 rings (SSSR count). The molecule has 6 aliphatic rings. The largest absolute Gasteiger partial charge is 0.462 e. The lowest BCUT2D eigenvalue weighted by atomic mass is 9.50. The molecule has 7 heteroatoms. The first-order valence-corrected chi connectivity index (χ1v) is 10.8. The van der Waals surface area contributed by atoms with Gasteiger partial charge in [0.25, 0.3) is 0 Å². The van der Waals surface area contributed by atoms with E-state index in [9.17, 15) is 14.4 Å². The summed E-state index contributed by atoms with van der Waals surface area (Å²) in [6.07, 6.45) is -1.08. The van der Waals surface area contributed by atoms with Gasteiger partial charge >= 0.3 is 17.9 Å². The predicted molar refractivity (Wildman–Crippen MR) is 96.9 cm³/mol. The number of carbonyl (C=O) groups excluding carboxylic acids is 3. The van der Waals surface area contributed by atoms with Crippen LogP contribution in [-0.4, -0.2) is 42.0 Å². The normalized spacial score (nSPS) is 59.2. The lowest BCUT2D eigenvalue weighted by Crippen LogP contribution is -2.57. The lowest BCUT2D eigenvalue weighted by Gasteiger charge is -2.47. The molecule has 6 unspecified atom stereocenters. The van der Waals surface area contributed by atoms with Gasteiger partial charge in [-0.2, -0.15) is 0 Å². The van der Waals surface area contributed by atoms with Crippen LogP contribution in [0.1, 0.15) is 48.0 Å². The summed E-state index contributed by atoms with van der Waals surface area (Å²) in [4.78, 5) is 38.7. The van der Waals surface area contributed by atoms with E-state index < -0.39 is 46.4 Å². The van der Waals surface area contributed by atoms with Crippen LogP contribution >= 0.6 is 0 Å². The van der Waals surface area contributed by atoms with Gasteiger partial charge in [0.15, 0.2) is 5.60 Å². The summed E-state index contributed by atoms with van der Waals surface area (Å²) in [5.41, 5.74) is -2.86. The Morgan fingerprint density at radius 1 is 0.966 bits per heavy atom. The first-order valence-electron chi connectivity index (χ1n) is 10.8. The van der Waals surface area contributed by atoms with Gasteiger partial charge in [-0.3, -0.25) is 9.59 Å². The molecule has 2 spiro atoms. The zero-order valence-corrected chi connectivity index (χ0v) is 17.7. The highest BCUT2D eigenvalue weighted by Gasteiger charge is 2.98. The number of fused-ring (bicyclic) bond motifs is 1. The van der Waals surface area contributed by atoms with E-state index >= 15 is 0 Å². The molecule has 0 radical (unpaired) electrons. The molecule has 6 fully saturated rings. The summed E-state index contributed by atoms with van der Waals surface area (Å²) >= 11 is 0. The van der Waals surface area contributed by atoms with E-state index in [1.54, 1.807) is 6.92 Å². The molecule has 0 bridgehead atoms. The van der Waals surface area contributed by atoms with Crippen molar-refractivity contribution in [1.29, 1.82) is 0 Å². The van der Waals surface area contributed by atoms with Crippen molar-refractivity contribution in [3.63, 3.8) is 0 Å². The second kappa shape index (κ2) is 4.66. The van der Waals surface area contributed by atoms with Gasteiger partial charge < -0.3 is 18.9 Å². The van der Waals surface area contributed by atoms with Crippen molar-refractivity contribution in [1.82, 2.24) is 0 Å². The Balaban J connectivity index is 1.68. The van der Waals surface area contributed by atoms with Gasteiger partial charge in [-0.05, 0) is 23.7 Å². The van der Waals surface area contributed by atoms with E-state index in [0.717, 1.165) is 0 Å². The number of hydrogen-bond acceptors (Lipinski definition) is 7. The number of esters is 3. The molecule has 158 valence electrons. The maximum absolute atomic E-state index is 13.5. The minimum atomic E-state index is -1.29. The SMILES string of the molecule is CC1C(=O)O[C@H]2O[C@]34C(=O)OC5[C@@H](C)[C@@H](C(C)(C)C)C12C53CC1OC(=O)[C@@H](C)C14. The fourth-order valence-corrected chi connectivity index (χ4v) is 9.23. The van der Waals surface area contributed by atoms with Crippen LogP contribution in [0.15, 0.2) is 0 Å². The summed E-state index contributed by atoms with van der Waals surface area (Å²) < 4.78 is 24.2. The summed E-state index contributed by atoms with van der Waals surface area (Å²) in [7, 11) is 0. The Morgan fingerprint density at radius 2 is 1.66 bits per heavy atom. The average Bonchev–Trinajstić information content (AvgIpc) is 3.30. The van der Waals surface area contributed by atoms with Crippen molar-refractivity contribution in [3.8, 4) is 0 Å². The van der Waals surface area contributed by atoms with Crippen LogP contribution in [0, 0.1) is 45.8 Å². The second-order valence-corrected chi connectivity index (χ2v) is 11.3. The zero-order valence-electron chi connectivity index (χ0n) is 17.7. The van der Waals surface area contributed by atoms with E-state index in [4.69, 9.17) is 18.9 Å². The highest BCUT2D eigenvalue weighted by atomic mass is 16.7. The highest BCUT2D eigenvalue weighted by molar-refractivity contribution is 5.91. The van der Waals surface area contributed by atoms with Crippen LogP contribution in [0.25, 0.3) is 0 Å². The van der Waals surface area contributed by atoms with Crippen molar-refractivity contribution >= 4 is 17.9 Å². The Morgan fingerprint density at radius 3 is 2.31 bits per heavy atom. The summed E-state index contributed by atoms with van der Waals surface area (Å²) in [5, 5.41) is 0. The van der Waals surface area contributed by atoms with Crippen molar-refractivity contribution in [2.75, 3.05) is 0 Å². The molecule has 4 saturated heterocycles. The lowest BCUT2D eigenvalue weighted by molar-refractivity contribution is -0.206. The van der Waals surface area contributed by atoms with Gasteiger partial charge in [0.05, 0.1) is 22.7 Å². The molecule has 0 N–H and O–H groups in total. The molecular formula is C22H28O7. The summed E-state index contributed by atoms with van der Waals surface area (Å²) in [5.74, 6) is -2.19. The van der Waals surface area contributed by atoms with Gasteiger partial charge in [-0.25, -0.2) is 4.79 Å². The van der Waals surface area contributed by atoms with E-state index in [1.807, 2.05) is 6.92 Å². The molecule has 29 heavy (non-hydrogen) atoms. The fourth-order valence-electron chi connectivity index (χ4n) is 9.23. The minimum Gasteiger partial charge on any atom is -0.462 e. The topological polar surface area (TPSA) is 88.1 Å². The molecule has 0 aromatic heterocycles. The van der Waals surface area contributed by atoms with Crippen molar-refractivity contribution in [2.24, 2.45) is 45.8 Å². The monoisotopic (exact) mass is 404 g/mol. The van der Waals surface area contributed by atoms with Crippen LogP contribution in [0.5, 0.6) is 0 Å². The smallest absolute Gasteiger partial charge is 0.340 e. The van der Waals surface area contributed by atoms with Gasteiger partial charge in [-0.15, -0.1) is 0 Å². The molecular weight excluding hydrogens is 376 g/mol. The third-order valence-electron chi connectivity index (χ3n) is 9.46. The summed E-state index contributed by atoms with van der Waals surface area (Å²) in [6.45, 7) is 12.4. The Kier molecular flexibility index (Phi) is 2.92. The molecule has 0 amide bonds. The maximum Gasteiger partial charge on any atom is 0.340 e. The Bertz CT molecular complexity index is 875. The number of rotatable bonds is 0. The molecule has 4 aliphatic heterocycles. The third-order valence-corrected chi connectivity index (χ3v) is 9.46. The molecule has 11 atom stereocenters. The van der Waals surface area contributed by atoms with E-state index in [0.29, 0.717) is 6.42 Å². The summed E-state index contributed by atoms with van der Waals surface area (Å²) in [6, 6.07) is 0. The van der Waals surface area contributed by atoms with Gasteiger partial charge in [0, 0.05) is 5.92 Å². The number of carbonyl (C=O) groups is 3. The molecule has 2 saturated carbocycles. The average molecular weight is 404 g/mol. The molecule has 0 aromatic rings. The quantitative estimate of drug-likeness (QED) is 0.451. The van der Waals surface area contributed by atoms with Crippen LogP contribution in [0.4, 0.5) is 0 Å². The standard InChI is InChI=1S/C22H28O7/c1-8-12-11(26-15(8)23)7-20-14-9(2)13(19(4,5)6)21(20)10(3)16(24)28-18(21)29-22(12,20)17(25)27-14/h8-14,18H,7H2,1-6H3/t8-,9-,10?,11?,12?,13-,14?,18-,20?,21?,22+/m0/s1. The van der Waals surface area contributed by atoms with Crippen LogP contribution in [0.3, 0.4) is 0 Å². The molecule has 0 aromatic carbocycles. The molecule has 4 heterocycles. The maximum atomic E-state index is 13.5. The second-order valence-electron chi connectivity index (χ2n) is 11.3. The predicted octanol–water partition coefficient (Wildman–Crippen LogP) is 2.07. The van der Waals surface area contributed by atoms with Gasteiger partial charge in [-0.1, -0.05) is 41.5 Å². The zero-order chi connectivity index (χ0) is 20.9.